The molecule has 30 heavy (non-hydrogen) atoms. The van der Waals surface area contributed by atoms with Crippen LogP contribution in [-0.4, -0.2) is 34.6 Å². The van der Waals surface area contributed by atoms with Gasteiger partial charge in [0.15, 0.2) is 6.61 Å². The van der Waals surface area contributed by atoms with Crippen molar-refractivity contribution in [1.29, 1.82) is 0 Å². The van der Waals surface area contributed by atoms with Crippen LogP contribution in [0.3, 0.4) is 0 Å². The van der Waals surface area contributed by atoms with E-state index in [1.165, 1.54) is 18.3 Å². The molecule has 2 rings (SSSR count). The van der Waals surface area contributed by atoms with Crippen LogP contribution in [-0.2, 0) is 11.3 Å². The Bertz CT molecular complexity index is 930. The molecule has 0 radical (unpaired) electrons. The molecule has 0 atom stereocenters. The van der Waals surface area contributed by atoms with Gasteiger partial charge in [0.1, 0.15) is 11.6 Å². The Kier molecular flexibility index (Phi) is 7.36. The Morgan fingerprint density at radius 1 is 1.17 bits per heavy atom. The molecule has 7 nitrogen and oxygen atoms in total. The number of hydrogen-bond acceptors (Lipinski definition) is 5. The molecule has 0 aliphatic heterocycles. The molecule has 0 aromatic carbocycles. The number of anilines is 1. The third kappa shape index (κ3) is 7.02. The monoisotopic (exact) mass is 424 g/mol. The maximum atomic E-state index is 12.5. The van der Waals surface area contributed by atoms with Gasteiger partial charge in [-0.05, 0) is 37.6 Å². The number of hydrogen-bond donors (Lipinski definition) is 2. The third-order valence-corrected chi connectivity index (χ3v) is 3.93. The summed E-state index contributed by atoms with van der Waals surface area (Å²) >= 11 is 0. The lowest BCUT2D eigenvalue weighted by Gasteiger charge is -2.12. The number of rotatable bonds is 7. The minimum absolute atomic E-state index is 0.0256. The molecule has 0 saturated heterocycles. The zero-order valence-corrected chi connectivity index (χ0v) is 17.1. The molecule has 2 aromatic heterocycles. The van der Waals surface area contributed by atoms with Crippen LogP contribution >= 0.6 is 0 Å². The van der Waals surface area contributed by atoms with Crippen molar-refractivity contribution in [3.05, 3.63) is 46.9 Å². The van der Waals surface area contributed by atoms with Gasteiger partial charge in [0.25, 0.3) is 5.91 Å². The van der Waals surface area contributed by atoms with E-state index in [9.17, 15) is 22.8 Å². The van der Waals surface area contributed by atoms with Crippen LogP contribution in [0.2, 0.25) is 0 Å². The van der Waals surface area contributed by atoms with Gasteiger partial charge in [-0.15, -0.1) is 0 Å². The first-order chi connectivity index (χ1) is 13.9. The third-order valence-electron chi connectivity index (χ3n) is 3.93. The highest BCUT2D eigenvalue weighted by atomic mass is 19.4. The lowest BCUT2D eigenvalue weighted by Crippen LogP contribution is -2.24. The molecule has 0 fully saturated rings. The Labute approximate surface area is 172 Å². The van der Waals surface area contributed by atoms with Crippen molar-refractivity contribution >= 4 is 17.6 Å². The molecule has 0 aliphatic rings. The van der Waals surface area contributed by atoms with Crippen molar-refractivity contribution in [3.63, 3.8) is 0 Å². The van der Waals surface area contributed by atoms with Crippen molar-refractivity contribution in [2.45, 2.75) is 40.4 Å². The summed E-state index contributed by atoms with van der Waals surface area (Å²) in [7, 11) is 0. The molecule has 0 aliphatic carbocycles. The number of amides is 2. The molecule has 0 bridgehead atoms. The van der Waals surface area contributed by atoms with Gasteiger partial charge in [0.05, 0.1) is 18.4 Å². The molecule has 2 aromatic rings. The van der Waals surface area contributed by atoms with Crippen molar-refractivity contribution in [2.75, 3.05) is 11.9 Å². The molecular formula is C20H23F3N4O3. The van der Waals surface area contributed by atoms with Crippen LogP contribution in [0.15, 0.2) is 24.4 Å². The van der Waals surface area contributed by atoms with Gasteiger partial charge in [-0.3, -0.25) is 14.6 Å². The Hall–Kier alpha value is -3.17. The smallest absolute Gasteiger partial charge is 0.422 e. The van der Waals surface area contributed by atoms with Crippen LogP contribution in [0, 0.1) is 19.8 Å². The fraction of sp³-hybridized carbons (Fsp3) is 0.400. The lowest BCUT2D eigenvalue weighted by atomic mass is 10.2. The number of aromatic nitrogens is 2. The predicted molar refractivity (Wildman–Crippen MR) is 104 cm³/mol. The van der Waals surface area contributed by atoms with Gasteiger partial charge >= 0.3 is 6.18 Å². The van der Waals surface area contributed by atoms with Gasteiger partial charge in [0.2, 0.25) is 5.91 Å². The number of aryl methyl sites for hydroxylation is 2. The van der Waals surface area contributed by atoms with Crippen molar-refractivity contribution in [2.24, 2.45) is 5.92 Å². The highest BCUT2D eigenvalue weighted by molar-refractivity contribution is 5.97. The Morgan fingerprint density at radius 2 is 1.87 bits per heavy atom. The second-order valence-corrected chi connectivity index (χ2v) is 7.05. The summed E-state index contributed by atoms with van der Waals surface area (Å²) in [6.45, 7) is 5.44. The molecule has 10 heteroatoms. The Balaban J connectivity index is 2.02. The minimum atomic E-state index is -4.44. The van der Waals surface area contributed by atoms with Crippen molar-refractivity contribution in [1.82, 2.24) is 15.3 Å². The van der Waals surface area contributed by atoms with Gasteiger partial charge in [-0.2, -0.15) is 13.2 Å². The van der Waals surface area contributed by atoms with E-state index >= 15 is 0 Å². The topological polar surface area (TPSA) is 93.2 Å². The first-order valence-electron chi connectivity index (χ1n) is 9.17. The number of nitrogens with one attached hydrogen (secondary N) is 2. The maximum Gasteiger partial charge on any atom is 0.422 e. The maximum absolute atomic E-state index is 12.5. The summed E-state index contributed by atoms with van der Waals surface area (Å²) in [6.07, 6.45) is -3.24. The van der Waals surface area contributed by atoms with Gasteiger partial charge in [0, 0.05) is 17.2 Å². The number of ether oxygens (including phenoxy) is 1. The van der Waals surface area contributed by atoms with E-state index in [2.05, 4.69) is 20.6 Å². The van der Waals surface area contributed by atoms with E-state index in [1.807, 2.05) is 0 Å². The molecule has 2 amide bonds. The van der Waals surface area contributed by atoms with E-state index in [0.29, 0.717) is 22.5 Å². The molecule has 2 N–H and O–H groups in total. The highest BCUT2D eigenvalue weighted by Crippen LogP contribution is 2.21. The van der Waals surface area contributed by atoms with Crippen LogP contribution in [0.1, 0.15) is 41.2 Å². The van der Waals surface area contributed by atoms with Crippen LogP contribution in [0.25, 0.3) is 0 Å². The number of carbonyl (C=O) groups excluding carboxylic acids is 2. The molecular weight excluding hydrogens is 401 g/mol. The fourth-order valence-corrected chi connectivity index (χ4v) is 2.42. The minimum Gasteiger partial charge on any atom is -0.482 e. The van der Waals surface area contributed by atoms with Gasteiger partial charge in [-0.25, -0.2) is 4.98 Å². The Morgan fingerprint density at radius 3 is 2.47 bits per heavy atom. The number of alkyl halides is 3. The van der Waals surface area contributed by atoms with Crippen LogP contribution in [0.4, 0.5) is 19.0 Å². The van der Waals surface area contributed by atoms with Crippen LogP contribution in [0.5, 0.6) is 5.75 Å². The summed E-state index contributed by atoms with van der Waals surface area (Å²) in [4.78, 5) is 32.5. The number of halogens is 3. The quantitative estimate of drug-likeness (QED) is 0.709. The zero-order chi connectivity index (χ0) is 22.5. The normalized spacial score (nSPS) is 11.3. The number of carbonyl (C=O) groups is 2. The van der Waals surface area contributed by atoms with Gasteiger partial charge < -0.3 is 15.4 Å². The zero-order valence-electron chi connectivity index (χ0n) is 17.1. The van der Waals surface area contributed by atoms with E-state index in [1.54, 1.807) is 33.8 Å². The van der Waals surface area contributed by atoms with Crippen molar-refractivity contribution in [3.8, 4) is 5.75 Å². The van der Waals surface area contributed by atoms with Gasteiger partial charge in [-0.1, -0.05) is 13.8 Å². The molecule has 0 unspecified atom stereocenters. The highest BCUT2D eigenvalue weighted by Gasteiger charge is 2.28. The van der Waals surface area contributed by atoms with E-state index < -0.39 is 18.7 Å². The lowest BCUT2D eigenvalue weighted by molar-refractivity contribution is -0.153. The number of pyridine rings is 2. The van der Waals surface area contributed by atoms with Crippen molar-refractivity contribution < 1.29 is 27.5 Å². The molecule has 162 valence electrons. The molecule has 0 spiro atoms. The fourth-order valence-electron chi connectivity index (χ4n) is 2.42. The first kappa shape index (κ1) is 23.1. The molecule has 2 heterocycles. The summed E-state index contributed by atoms with van der Waals surface area (Å²) in [5, 5.41) is 5.34. The summed E-state index contributed by atoms with van der Waals surface area (Å²) in [5.74, 6) is -0.553. The van der Waals surface area contributed by atoms with E-state index in [-0.39, 0.29) is 29.9 Å². The van der Waals surface area contributed by atoms with Crippen LogP contribution < -0.4 is 15.4 Å². The number of nitrogens with zero attached hydrogens (tertiary/aromatic N) is 2. The summed E-state index contributed by atoms with van der Waals surface area (Å²) in [5.41, 5.74) is 1.79. The second kappa shape index (κ2) is 9.55. The first-order valence-corrected chi connectivity index (χ1v) is 9.17. The average molecular weight is 424 g/mol. The average Bonchev–Trinajstić information content (AvgIpc) is 2.64. The SMILES string of the molecule is Cc1cc(C(=O)NCc2cc(C)c(OCC(F)(F)F)cn2)cc(NC(=O)C(C)C)n1. The largest absolute Gasteiger partial charge is 0.482 e. The molecule has 0 saturated carbocycles. The second-order valence-electron chi connectivity index (χ2n) is 7.05. The van der Waals surface area contributed by atoms with E-state index in [4.69, 9.17) is 4.74 Å². The summed E-state index contributed by atoms with van der Waals surface area (Å²) < 4.78 is 41.5. The van der Waals surface area contributed by atoms with E-state index in [0.717, 1.165) is 0 Å². The summed E-state index contributed by atoms with van der Waals surface area (Å²) in [6, 6.07) is 4.58. The predicted octanol–water partition coefficient (Wildman–Crippen LogP) is 3.56. The standard InChI is InChI=1S/C20H23F3N4O3/c1-11(2)18(28)27-17-7-14(6-13(4)26-17)19(29)25-8-15-5-12(3)16(9-24-15)30-10-20(21,22)23/h5-7,9,11H,8,10H2,1-4H3,(H,25,29)(H,26,27,28).